The number of methoxy groups -OCH3 is 1. The van der Waals surface area contributed by atoms with Gasteiger partial charge in [-0.05, 0) is 55.3 Å². The summed E-state index contributed by atoms with van der Waals surface area (Å²) in [4.78, 5) is 28.8. The van der Waals surface area contributed by atoms with Gasteiger partial charge in [0.1, 0.15) is 12.4 Å². The van der Waals surface area contributed by atoms with Crippen LogP contribution in [-0.4, -0.2) is 23.6 Å². The maximum Gasteiger partial charge on any atom is 0.325 e. The molecule has 0 fully saturated rings. The third-order valence-electron chi connectivity index (χ3n) is 3.92. The van der Waals surface area contributed by atoms with E-state index in [1.165, 1.54) is 42.7 Å². The number of esters is 1. The van der Waals surface area contributed by atoms with Gasteiger partial charge < -0.3 is 9.30 Å². The number of aromatic nitrogens is 1. The number of thiazole rings is 1. The molecule has 3 rings (SSSR count). The number of nitrogens with zero attached hydrogens (tertiary/aromatic N) is 2. The van der Waals surface area contributed by atoms with Crippen molar-refractivity contribution in [2.75, 3.05) is 7.11 Å². The lowest BCUT2D eigenvalue weighted by molar-refractivity contribution is -0.141. The molecule has 3 aromatic rings. The number of benzene rings is 2. The molecule has 0 unspecified atom stereocenters. The summed E-state index contributed by atoms with van der Waals surface area (Å²) >= 11 is 1.33. The molecule has 0 N–H and O–H groups in total. The van der Waals surface area contributed by atoms with E-state index in [0.29, 0.717) is 4.80 Å². The van der Waals surface area contributed by atoms with Gasteiger partial charge in [-0.1, -0.05) is 17.4 Å². The first-order chi connectivity index (χ1) is 12.4. The van der Waals surface area contributed by atoms with Gasteiger partial charge in [0.25, 0.3) is 5.91 Å². The minimum Gasteiger partial charge on any atom is -0.468 e. The maximum atomic E-state index is 13.0. The van der Waals surface area contributed by atoms with Crippen molar-refractivity contribution >= 4 is 33.4 Å². The molecular formula is C19H17FN2O3S. The topological polar surface area (TPSA) is 60.7 Å². The average molecular weight is 372 g/mol. The Kier molecular flexibility index (Phi) is 4.99. The van der Waals surface area contributed by atoms with Crippen molar-refractivity contribution in [3.05, 3.63) is 63.7 Å². The quantitative estimate of drug-likeness (QED) is 0.662. The van der Waals surface area contributed by atoms with Crippen LogP contribution < -0.4 is 4.80 Å². The number of ether oxygens (including phenoxy) is 1. The number of carbonyl (C=O) groups is 2. The van der Waals surface area contributed by atoms with Crippen LogP contribution in [0.2, 0.25) is 0 Å². The highest BCUT2D eigenvalue weighted by Crippen LogP contribution is 2.23. The number of halogens is 1. The van der Waals surface area contributed by atoms with E-state index < -0.39 is 17.7 Å². The molecule has 26 heavy (non-hydrogen) atoms. The minimum absolute atomic E-state index is 0.0467. The van der Waals surface area contributed by atoms with Crippen molar-refractivity contribution in [2.45, 2.75) is 20.4 Å². The van der Waals surface area contributed by atoms with Crippen LogP contribution in [0.25, 0.3) is 10.2 Å². The normalized spacial score (nSPS) is 11.8. The van der Waals surface area contributed by atoms with Crippen molar-refractivity contribution < 1.29 is 18.7 Å². The van der Waals surface area contributed by atoms with Gasteiger partial charge in [-0.3, -0.25) is 9.59 Å². The number of rotatable bonds is 3. The van der Waals surface area contributed by atoms with Crippen molar-refractivity contribution in [2.24, 2.45) is 4.99 Å². The number of carbonyl (C=O) groups excluding carboxylic acids is 2. The molecule has 5 nitrogen and oxygen atoms in total. The number of hydrogen-bond acceptors (Lipinski definition) is 4. The lowest BCUT2D eigenvalue weighted by atomic mass is 10.1. The van der Waals surface area contributed by atoms with Crippen molar-refractivity contribution in [1.82, 2.24) is 4.57 Å². The second-order valence-corrected chi connectivity index (χ2v) is 6.88. The molecule has 0 bridgehead atoms. The van der Waals surface area contributed by atoms with E-state index in [1.54, 1.807) is 4.57 Å². The second-order valence-electron chi connectivity index (χ2n) is 5.90. The first-order valence-corrected chi connectivity index (χ1v) is 8.72. The lowest BCUT2D eigenvalue weighted by Crippen LogP contribution is -2.22. The molecule has 134 valence electrons. The maximum absolute atomic E-state index is 13.0. The highest BCUT2D eigenvalue weighted by atomic mass is 32.1. The number of fused-ring (bicyclic) bond motifs is 1. The van der Waals surface area contributed by atoms with Gasteiger partial charge in [0, 0.05) is 5.56 Å². The summed E-state index contributed by atoms with van der Waals surface area (Å²) in [5.41, 5.74) is 3.19. The van der Waals surface area contributed by atoms with Gasteiger partial charge in [-0.25, -0.2) is 4.39 Å². The smallest absolute Gasteiger partial charge is 0.325 e. The zero-order valence-electron chi connectivity index (χ0n) is 14.6. The molecule has 1 aromatic heterocycles. The Bertz CT molecular complexity index is 1060. The molecule has 0 aliphatic carbocycles. The van der Waals surface area contributed by atoms with E-state index in [2.05, 4.69) is 4.99 Å². The van der Waals surface area contributed by atoms with Crippen LogP contribution >= 0.6 is 11.3 Å². The van der Waals surface area contributed by atoms with E-state index in [9.17, 15) is 14.0 Å². The molecule has 1 heterocycles. The van der Waals surface area contributed by atoms with Crippen LogP contribution in [-0.2, 0) is 16.1 Å². The van der Waals surface area contributed by atoms with Gasteiger partial charge >= 0.3 is 5.97 Å². The average Bonchev–Trinajstić information content (AvgIpc) is 2.93. The third kappa shape index (κ3) is 3.57. The first kappa shape index (κ1) is 18.0. The molecule has 0 aliphatic rings. The fourth-order valence-corrected chi connectivity index (χ4v) is 3.77. The molecule has 0 radical (unpaired) electrons. The zero-order valence-corrected chi connectivity index (χ0v) is 15.4. The molecule has 2 aromatic carbocycles. The first-order valence-electron chi connectivity index (χ1n) is 7.91. The molecule has 0 saturated carbocycles. The van der Waals surface area contributed by atoms with Crippen LogP contribution in [0.5, 0.6) is 0 Å². The summed E-state index contributed by atoms with van der Waals surface area (Å²) in [7, 11) is 1.31. The van der Waals surface area contributed by atoms with Crippen molar-refractivity contribution in [3.8, 4) is 0 Å². The SMILES string of the molecule is COC(=O)Cn1c(=NC(=O)c2ccc(F)cc2)sc2c(C)cc(C)cc21. The predicted molar refractivity (Wildman–Crippen MR) is 97.6 cm³/mol. The van der Waals surface area contributed by atoms with Crippen LogP contribution in [0, 0.1) is 19.7 Å². The Morgan fingerprint density at radius 2 is 1.88 bits per heavy atom. The molecule has 7 heteroatoms. The van der Waals surface area contributed by atoms with Gasteiger partial charge in [0.05, 0.1) is 17.3 Å². The summed E-state index contributed by atoms with van der Waals surface area (Å²) < 4.78 is 20.4. The van der Waals surface area contributed by atoms with Crippen LogP contribution in [0.15, 0.2) is 41.4 Å². The van der Waals surface area contributed by atoms with Gasteiger partial charge in [0.15, 0.2) is 4.80 Å². The summed E-state index contributed by atoms with van der Waals surface area (Å²) in [6, 6.07) is 9.17. The van der Waals surface area contributed by atoms with Crippen LogP contribution in [0.1, 0.15) is 21.5 Å². The molecular weight excluding hydrogens is 355 g/mol. The standard InChI is InChI=1S/C19H17FN2O3S/c1-11-8-12(2)17-15(9-11)22(10-16(23)25-3)19(26-17)21-18(24)13-4-6-14(20)7-5-13/h4-9H,10H2,1-3H3. The Hall–Kier alpha value is -2.80. The Labute approximate surface area is 153 Å². The van der Waals surface area contributed by atoms with Crippen LogP contribution in [0.4, 0.5) is 4.39 Å². The van der Waals surface area contributed by atoms with E-state index in [1.807, 2.05) is 26.0 Å². The third-order valence-corrected chi connectivity index (χ3v) is 5.15. The predicted octanol–water partition coefficient (Wildman–Crippen LogP) is 3.37. The Balaban J connectivity index is 2.18. The molecule has 1 amide bonds. The van der Waals surface area contributed by atoms with E-state index in [0.717, 1.165) is 21.3 Å². The summed E-state index contributed by atoms with van der Waals surface area (Å²) in [6.45, 7) is 3.89. The number of aryl methyl sites for hydroxylation is 2. The second kappa shape index (κ2) is 7.21. The largest absolute Gasteiger partial charge is 0.468 e. The molecule has 0 aliphatic heterocycles. The fraction of sp³-hybridized carbons (Fsp3) is 0.211. The van der Waals surface area contributed by atoms with Crippen LogP contribution in [0.3, 0.4) is 0 Å². The molecule has 0 atom stereocenters. The summed E-state index contributed by atoms with van der Waals surface area (Å²) in [5.74, 6) is -1.35. The Morgan fingerprint density at radius 1 is 1.19 bits per heavy atom. The fourth-order valence-electron chi connectivity index (χ4n) is 2.69. The molecule has 0 spiro atoms. The van der Waals surface area contributed by atoms with Gasteiger partial charge in [-0.2, -0.15) is 4.99 Å². The number of hydrogen-bond donors (Lipinski definition) is 0. The monoisotopic (exact) mass is 372 g/mol. The van der Waals surface area contributed by atoms with E-state index in [4.69, 9.17) is 4.74 Å². The van der Waals surface area contributed by atoms with Gasteiger partial charge in [-0.15, -0.1) is 0 Å². The lowest BCUT2D eigenvalue weighted by Gasteiger charge is -2.05. The number of amides is 1. The van der Waals surface area contributed by atoms with E-state index >= 15 is 0 Å². The van der Waals surface area contributed by atoms with Gasteiger partial charge in [0.2, 0.25) is 0 Å². The highest BCUT2D eigenvalue weighted by Gasteiger charge is 2.14. The minimum atomic E-state index is -0.496. The summed E-state index contributed by atoms with van der Waals surface area (Å²) in [5, 5.41) is 0. The zero-order chi connectivity index (χ0) is 18.8. The molecule has 0 saturated heterocycles. The summed E-state index contributed by atoms with van der Waals surface area (Å²) in [6.07, 6.45) is 0. The van der Waals surface area contributed by atoms with Crippen molar-refractivity contribution in [3.63, 3.8) is 0 Å². The highest BCUT2D eigenvalue weighted by molar-refractivity contribution is 7.16. The van der Waals surface area contributed by atoms with Crippen molar-refractivity contribution in [1.29, 1.82) is 0 Å². The Morgan fingerprint density at radius 3 is 2.54 bits per heavy atom. The van der Waals surface area contributed by atoms with E-state index in [-0.39, 0.29) is 12.1 Å².